The highest BCUT2D eigenvalue weighted by atomic mass is 32.1. The predicted molar refractivity (Wildman–Crippen MR) is 192 cm³/mol. The Hall–Kier alpha value is -5.64. The average Bonchev–Trinajstić information content (AvgIpc) is 3.68. The summed E-state index contributed by atoms with van der Waals surface area (Å²) in [7, 11) is 0. The minimum absolute atomic E-state index is 0.910. The lowest BCUT2D eigenvalue weighted by atomic mass is 9.99. The van der Waals surface area contributed by atoms with Crippen molar-refractivity contribution in [3.05, 3.63) is 164 Å². The summed E-state index contributed by atoms with van der Waals surface area (Å²) in [5.74, 6) is 0. The second-order valence-corrected chi connectivity index (χ2v) is 12.4. The number of thiophene rings is 1. The van der Waals surface area contributed by atoms with Crippen molar-refractivity contribution in [2.75, 3.05) is 4.90 Å². The summed E-state index contributed by atoms with van der Waals surface area (Å²) in [6.07, 6.45) is 0. The molecule has 0 fully saturated rings. The highest BCUT2D eigenvalue weighted by Crippen LogP contribution is 2.49. The predicted octanol–water partition coefficient (Wildman–Crippen LogP) is 12.8. The zero-order valence-corrected chi connectivity index (χ0v) is 25.2. The van der Waals surface area contributed by atoms with Crippen LogP contribution in [0.4, 0.5) is 17.1 Å². The van der Waals surface area contributed by atoms with Gasteiger partial charge in [-0.15, -0.1) is 11.3 Å². The zero-order valence-electron chi connectivity index (χ0n) is 24.4. The molecular formula is C42H27NOS. The van der Waals surface area contributed by atoms with Gasteiger partial charge in [0.1, 0.15) is 11.2 Å². The number of nitrogens with zero attached hydrogens (tertiary/aromatic N) is 1. The van der Waals surface area contributed by atoms with Gasteiger partial charge in [0.2, 0.25) is 0 Å². The minimum atomic E-state index is 0.910. The SMILES string of the molecule is c1ccc(-c2ccc3c(sc4ccccc43)c2N(c2ccccc2)c2ccc(-c3ccc4c(c3)oc3ccccc34)cc2)cc1. The highest BCUT2D eigenvalue weighted by molar-refractivity contribution is 7.26. The van der Waals surface area contributed by atoms with Crippen molar-refractivity contribution >= 4 is 70.5 Å². The number of anilines is 3. The van der Waals surface area contributed by atoms with Crippen LogP contribution in [0.3, 0.4) is 0 Å². The van der Waals surface area contributed by atoms with E-state index in [0.717, 1.165) is 44.4 Å². The van der Waals surface area contributed by atoms with Crippen LogP contribution >= 0.6 is 11.3 Å². The molecular weight excluding hydrogens is 567 g/mol. The molecule has 3 heteroatoms. The van der Waals surface area contributed by atoms with Crippen LogP contribution < -0.4 is 4.90 Å². The largest absolute Gasteiger partial charge is 0.456 e. The van der Waals surface area contributed by atoms with E-state index >= 15 is 0 Å². The topological polar surface area (TPSA) is 16.4 Å². The number of para-hydroxylation sites is 2. The molecule has 2 nitrogen and oxygen atoms in total. The minimum Gasteiger partial charge on any atom is -0.456 e. The van der Waals surface area contributed by atoms with E-state index in [1.165, 1.54) is 37.0 Å². The fraction of sp³-hybridized carbons (Fsp3) is 0. The molecule has 0 spiro atoms. The van der Waals surface area contributed by atoms with Gasteiger partial charge in [-0.3, -0.25) is 0 Å². The number of fused-ring (bicyclic) bond motifs is 6. The zero-order chi connectivity index (χ0) is 29.7. The molecule has 0 aliphatic carbocycles. The molecule has 0 saturated heterocycles. The third-order valence-corrected chi connectivity index (χ3v) is 9.87. The standard InChI is InChI=1S/C42H27NOS/c1-3-11-29(12-4-1)33-25-26-37-36-16-8-10-18-40(36)45-42(37)41(33)43(31-13-5-2-6-14-31)32-22-19-28(20-23-32)30-21-24-35-34-15-7-9-17-38(34)44-39(35)27-30/h1-27H. The molecule has 0 aliphatic rings. The summed E-state index contributed by atoms with van der Waals surface area (Å²) in [6.45, 7) is 0. The molecule has 212 valence electrons. The van der Waals surface area contributed by atoms with E-state index in [1.54, 1.807) is 0 Å². The normalized spacial score (nSPS) is 11.6. The average molecular weight is 594 g/mol. The molecule has 0 saturated carbocycles. The Morgan fingerprint density at radius 1 is 0.422 bits per heavy atom. The molecule has 7 aromatic carbocycles. The van der Waals surface area contributed by atoms with Crippen LogP contribution in [0.25, 0.3) is 64.4 Å². The van der Waals surface area contributed by atoms with Crippen LogP contribution in [0.2, 0.25) is 0 Å². The van der Waals surface area contributed by atoms with Gasteiger partial charge in [0.05, 0.1) is 10.4 Å². The third-order valence-electron chi connectivity index (χ3n) is 8.68. The number of benzene rings is 7. The van der Waals surface area contributed by atoms with Crippen molar-refractivity contribution in [1.29, 1.82) is 0 Å². The molecule has 9 aromatic rings. The summed E-state index contributed by atoms with van der Waals surface area (Å²) in [4.78, 5) is 2.42. The van der Waals surface area contributed by atoms with E-state index in [-0.39, 0.29) is 0 Å². The summed E-state index contributed by atoms with van der Waals surface area (Å²) in [6, 6.07) is 58.5. The van der Waals surface area contributed by atoms with E-state index < -0.39 is 0 Å². The number of hydrogen-bond acceptors (Lipinski definition) is 3. The van der Waals surface area contributed by atoms with Gasteiger partial charge in [0, 0.05) is 43.2 Å². The summed E-state index contributed by atoms with van der Waals surface area (Å²) < 4.78 is 8.78. The first-order valence-corrected chi connectivity index (χ1v) is 16.0. The molecule has 0 amide bonds. The second kappa shape index (κ2) is 10.5. The fourth-order valence-corrected chi connectivity index (χ4v) is 7.78. The summed E-state index contributed by atoms with van der Waals surface area (Å²) in [5.41, 5.74) is 9.95. The van der Waals surface area contributed by atoms with Crippen molar-refractivity contribution in [3.63, 3.8) is 0 Å². The lowest BCUT2D eigenvalue weighted by Crippen LogP contribution is -2.11. The van der Waals surface area contributed by atoms with Gasteiger partial charge in [0.25, 0.3) is 0 Å². The summed E-state index contributed by atoms with van der Waals surface area (Å²) >= 11 is 1.87. The van der Waals surface area contributed by atoms with Gasteiger partial charge in [-0.05, 0) is 65.2 Å². The van der Waals surface area contributed by atoms with Crippen LogP contribution in [-0.2, 0) is 0 Å². The molecule has 0 bridgehead atoms. The van der Waals surface area contributed by atoms with E-state index in [4.69, 9.17) is 4.42 Å². The quantitative estimate of drug-likeness (QED) is 0.197. The lowest BCUT2D eigenvalue weighted by molar-refractivity contribution is 0.669. The molecule has 0 unspecified atom stereocenters. The molecule has 0 radical (unpaired) electrons. The van der Waals surface area contributed by atoms with E-state index in [1.807, 2.05) is 23.5 Å². The van der Waals surface area contributed by atoms with Crippen molar-refractivity contribution in [2.45, 2.75) is 0 Å². The number of rotatable bonds is 5. The van der Waals surface area contributed by atoms with Crippen LogP contribution in [0.1, 0.15) is 0 Å². The van der Waals surface area contributed by atoms with E-state index in [0.29, 0.717) is 0 Å². The number of furan rings is 1. The van der Waals surface area contributed by atoms with Gasteiger partial charge in [0.15, 0.2) is 0 Å². The third kappa shape index (κ3) is 4.32. The molecule has 2 heterocycles. The van der Waals surface area contributed by atoms with Crippen LogP contribution in [-0.4, -0.2) is 0 Å². The first kappa shape index (κ1) is 25.8. The fourth-order valence-electron chi connectivity index (χ4n) is 6.54. The van der Waals surface area contributed by atoms with Gasteiger partial charge < -0.3 is 9.32 Å². The van der Waals surface area contributed by atoms with Crippen LogP contribution in [0, 0.1) is 0 Å². The maximum atomic E-state index is 6.21. The van der Waals surface area contributed by atoms with Crippen LogP contribution in [0.15, 0.2) is 168 Å². The Morgan fingerprint density at radius 2 is 1.04 bits per heavy atom. The van der Waals surface area contributed by atoms with E-state index in [9.17, 15) is 0 Å². The first-order chi connectivity index (χ1) is 22.3. The first-order valence-electron chi connectivity index (χ1n) is 15.2. The maximum absolute atomic E-state index is 6.21. The maximum Gasteiger partial charge on any atom is 0.136 e. The van der Waals surface area contributed by atoms with E-state index in [2.05, 4.69) is 157 Å². The van der Waals surface area contributed by atoms with Gasteiger partial charge in [-0.1, -0.05) is 115 Å². The van der Waals surface area contributed by atoms with Gasteiger partial charge >= 0.3 is 0 Å². The molecule has 0 N–H and O–H groups in total. The number of hydrogen-bond donors (Lipinski definition) is 0. The Labute approximate surface area is 265 Å². The van der Waals surface area contributed by atoms with Crippen molar-refractivity contribution in [1.82, 2.24) is 0 Å². The summed E-state index contributed by atoms with van der Waals surface area (Å²) in [5, 5.41) is 4.87. The Kier molecular flexibility index (Phi) is 6.03. The molecule has 45 heavy (non-hydrogen) atoms. The van der Waals surface area contributed by atoms with Gasteiger partial charge in [-0.25, -0.2) is 0 Å². The molecule has 0 aliphatic heterocycles. The smallest absolute Gasteiger partial charge is 0.136 e. The Morgan fingerprint density at radius 3 is 1.87 bits per heavy atom. The van der Waals surface area contributed by atoms with Crippen molar-refractivity contribution in [2.24, 2.45) is 0 Å². The van der Waals surface area contributed by atoms with Crippen LogP contribution in [0.5, 0.6) is 0 Å². The molecule has 2 aromatic heterocycles. The molecule has 0 atom stereocenters. The second-order valence-electron chi connectivity index (χ2n) is 11.3. The lowest BCUT2D eigenvalue weighted by Gasteiger charge is -2.28. The monoisotopic (exact) mass is 593 g/mol. The van der Waals surface area contributed by atoms with Crippen molar-refractivity contribution < 1.29 is 4.42 Å². The van der Waals surface area contributed by atoms with Gasteiger partial charge in [-0.2, -0.15) is 0 Å². The Balaban J connectivity index is 1.24. The Bertz CT molecular complexity index is 2470. The highest BCUT2D eigenvalue weighted by Gasteiger charge is 2.22. The van der Waals surface area contributed by atoms with Crippen molar-refractivity contribution in [3.8, 4) is 22.3 Å². The molecule has 9 rings (SSSR count).